The quantitative estimate of drug-likeness (QED) is 0.254. The molecule has 2 unspecified atom stereocenters. The molecule has 4 amide bonds. The number of aromatic nitrogens is 3. The number of benzene rings is 4. The number of nitrogens with zero attached hydrogens (tertiary/aromatic N) is 3. The maximum atomic E-state index is 14.4. The monoisotopic (exact) mass is 597 g/mol. The summed E-state index contributed by atoms with van der Waals surface area (Å²) < 4.78 is 0.937. The fourth-order valence-electron chi connectivity index (χ4n) is 6.06. The van der Waals surface area contributed by atoms with Gasteiger partial charge in [-0.15, -0.1) is 0 Å². The highest BCUT2D eigenvalue weighted by Gasteiger charge is 2.48. The number of amides is 4. The Balaban J connectivity index is 1.46. The Morgan fingerprint density at radius 1 is 0.711 bits per heavy atom. The van der Waals surface area contributed by atoms with Gasteiger partial charge in [-0.3, -0.25) is 29.7 Å². The molecule has 0 aliphatic carbocycles. The zero-order valence-corrected chi connectivity index (χ0v) is 23.4. The smallest absolute Gasteiger partial charge is 0.335 e. The average Bonchev–Trinajstić information content (AvgIpc) is 3.04. The molecule has 0 saturated carbocycles. The standard InChI is InChI=1S/C34H23N5O6/c40-29-27(31(42)38(33(44)36-29)24-13-5-9-19-7-1-3-11-22(19)24)26(21-15-17-35-18-16-21)28-30(41)37-34(45)39(32(28)43)25-14-6-10-20-8-2-4-12-23(20)25/h1-18,26-27,43H,(H,36,40,44)(H,37,41,45). The van der Waals surface area contributed by atoms with Crippen LogP contribution in [0.4, 0.5) is 10.5 Å². The predicted molar refractivity (Wildman–Crippen MR) is 166 cm³/mol. The second-order valence-electron chi connectivity index (χ2n) is 10.5. The van der Waals surface area contributed by atoms with Gasteiger partial charge < -0.3 is 5.11 Å². The lowest BCUT2D eigenvalue weighted by Crippen LogP contribution is -2.60. The van der Waals surface area contributed by atoms with E-state index in [4.69, 9.17) is 0 Å². The van der Waals surface area contributed by atoms with Crippen molar-refractivity contribution in [2.75, 3.05) is 4.90 Å². The minimum atomic E-state index is -1.70. The highest BCUT2D eigenvalue weighted by molar-refractivity contribution is 6.30. The van der Waals surface area contributed by atoms with Crippen molar-refractivity contribution >= 4 is 45.1 Å². The van der Waals surface area contributed by atoms with Crippen molar-refractivity contribution in [3.05, 3.63) is 141 Å². The number of hydrogen-bond donors (Lipinski definition) is 3. The first-order valence-corrected chi connectivity index (χ1v) is 14.0. The van der Waals surface area contributed by atoms with Crippen LogP contribution in [0, 0.1) is 5.92 Å². The zero-order chi connectivity index (χ0) is 31.2. The molecule has 4 aromatic carbocycles. The molecule has 6 aromatic rings. The molecule has 1 fully saturated rings. The van der Waals surface area contributed by atoms with E-state index in [1.165, 1.54) is 24.5 Å². The normalized spacial score (nSPS) is 15.8. The lowest BCUT2D eigenvalue weighted by molar-refractivity contribution is -0.134. The summed E-state index contributed by atoms with van der Waals surface area (Å²) in [4.78, 5) is 75.2. The molecule has 1 aliphatic rings. The summed E-state index contributed by atoms with van der Waals surface area (Å²) in [6.07, 6.45) is 2.82. The van der Waals surface area contributed by atoms with Crippen LogP contribution in [0.1, 0.15) is 17.0 Å². The maximum Gasteiger partial charge on any atom is 0.335 e. The topological polar surface area (TPSA) is 154 Å². The first kappa shape index (κ1) is 27.5. The molecule has 2 atom stereocenters. The molecule has 220 valence electrons. The number of carbonyl (C=O) groups excluding carboxylic acids is 3. The molecule has 3 heterocycles. The summed E-state index contributed by atoms with van der Waals surface area (Å²) in [5, 5.41) is 16.8. The molecule has 3 N–H and O–H groups in total. The first-order valence-electron chi connectivity index (χ1n) is 14.0. The van der Waals surface area contributed by atoms with E-state index in [1.54, 1.807) is 48.5 Å². The molecule has 7 rings (SSSR count). The number of hydrogen-bond acceptors (Lipinski definition) is 7. The van der Waals surface area contributed by atoms with Crippen LogP contribution >= 0.6 is 0 Å². The summed E-state index contributed by atoms with van der Waals surface area (Å²) in [7, 11) is 0. The number of rotatable bonds is 5. The van der Waals surface area contributed by atoms with Crippen LogP contribution in [-0.2, 0) is 9.59 Å². The third-order valence-corrected chi connectivity index (χ3v) is 8.05. The second-order valence-corrected chi connectivity index (χ2v) is 10.5. The highest BCUT2D eigenvalue weighted by atomic mass is 16.3. The molecule has 2 aromatic heterocycles. The average molecular weight is 598 g/mol. The minimum absolute atomic E-state index is 0.237. The van der Waals surface area contributed by atoms with E-state index in [1.807, 2.05) is 36.4 Å². The van der Waals surface area contributed by atoms with Crippen molar-refractivity contribution in [1.82, 2.24) is 19.9 Å². The summed E-state index contributed by atoms with van der Waals surface area (Å²) in [6.45, 7) is 0. The number of H-pyrrole nitrogens is 1. The summed E-state index contributed by atoms with van der Waals surface area (Å²) in [6, 6.07) is 26.6. The van der Waals surface area contributed by atoms with Crippen LogP contribution in [-0.4, -0.2) is 37.5 Å². The number of anilines is 1. The molecule has 0 spiro atoms. The van der Waals surface area contributed by atoms with Crippen LogP contribution in [0.5, 0.6) is 5.88 Å². The van der Waals surface area contributed by atoms with Crippen LogP contribution in [0.25, 0.3) is 27.2 Å². The number of aromatic hydroxyl groups is 1. The summed E-state index contributed by atoms with van der Waals surface area (Å²) >= 11 is 0. The Labute approximate surface area is 254 Å². The number of pyridine rings is 1. The maximum absolute atomic E-state index is 14.4. The number of barbiturate groups is 1. The molecule has 1 aliphatic heterocycles. The number of aromatic amines is 1. The molecule has 11 nitrogen and oxygen atoms in total. The van der Waals surface area contributed by atoms with E-state index in [9.17, 15) is 29.1 Å². The van der Waals surface area contributed by atoms with Gasteiger partial charge in [0.15, 0.2) is 0 Å². The van der Waals surface area contributed by atoms with Crippen molar-refractivity contribution in [2.24, 2.45) is 5.92 Å². The fraction of sp³-hybridized carbons (Fsp3) is 0.0588. The SMILES string of the molecule is O=C1NC(=O)N(c2cccc3ccccc23)C(=O)C1C(c1ccncc1)c1c(O)n(-c2cccc3ccccc23)c(=O)[nH]c1=O. The third-order valence-electron chi connectivity index (χ3n) is 8.05. The van der Waals surface area contributed by atoms with Gasteiger partial charge in [0.2, 0.25) is 17.7 Å². The van der Waals surface area contributed by atoms with E-state index in [2.05, 4.69) is 15.3 Å². The van der Waals surface area contributed by atoms with Crippen molar-refractivity contribution in [2.45, 2.75) is 5.92 Å². The predicted octanol–water partition coefficient (Wildman–Crippen LogP) is 3.96. The van der Waals surface area contributed by atoms with E-state index < -0.39 is 52.4 Å². The van der Waals surface area contributed by atoms with Crippen molar-refractivity contribution < 1.29 is 19.5 Å². The van der Waals surface area contributed by atoms with Gasteiger partial charge in [-0.1, -0.05) is 72.8 Å². The van der Waals surface area contributed by atoms with Crippen molar-refractivity contribution in [1.29, 1.82) is 0 Å². The minimum Gasteiger partial charge on any atom is -0.494 e. The molecule has 1 saturated heterocycles. The lowest BCUT2D eigenvalue weighted by atomic mass is 9.79. The Bertz CT molecular complexity index is 2280. The van der Waals surface area contributed by atoms with Gasteiger partial charge in [-0.25, -0.2) is 19.1 Å². The van der Waals surface area contributed by atoms with E-state index >= 15 is 0 Å². The van der Waals surface area contributed by atoms with Crippen LogP contribution < -0.4 is 21.5 Å². The van der Waals surface area contributed by atoms with Crippen LogP contribution in [0.3, 0.4) is 0 Å². The van der Waals surface area contributed by atoms with Crippen molar-refractivity contribution in [3.8, 4) is 11.6 Å². The van der Waals surface area contributed by atoms with Gasteiger partial charge >= 0.3 is 11.7 Å². The Morgan fingerprint density at radius 2 is 1.29 bits per heavy atom. The van der Waals surface area contributed by atoms with Gasteiger partial charge in [0.05, 0.1) is 16.9 Å². The van der Waals surface area contributed by atoms with E-state index in [0.717, 1.165) is 20.2 Å². The second kappa shape index (κ2) is 10.7. The van der Waals surface area contributed by atoms with Gasteiger partial charge in [0.1, 0.15) is 5.92 Å². The number of fused-ring (bicyclic) bond motifs is 2. The molecule has 45 heavy (non-hydrogen) atoms. The van der Waals surface area contributed by atoms with Gasteiger partial charge in [0.25, 0.3) is 5.56 Å². The Kier molecular flexibility index (Phi) is 6.55. The number of carbonyl (C=O) groups is 3. The molecular formula is C34H23N5O6. The Hall–Kier alpha value is -6.36. The largest absolute Gasteiger partial charge is 0.494 e. The van der Waals surface area contributed by atoms with Crippen LogP contribution in [0.15, 0.2) is 119 Å². The summed E-state index contributed by atoms with van der Waals surface area (Å²) in [5.74, 6) is -5.77. The highest BCUT2D eigenvalue weighted by Crippen LogP contribution is 2.39. The van der Waals surface area contributed by atoms with Gasteiger partial charge in [-0.2, -0.15) is 0 Å². The van der Waals surface area contributed by atoms with E-state index in [-0.39, 0.29) is 16.9 Å². The van der Waals surface area contributed by atoms with E-state index in [0.29, 0.717) is 10.8 Å². The lowest BCUT2D eigenvalue weighted by Gasteiger charge is -2.35. The number of imide groups is 2. The molecule has 0 bridgehead atoms. The molecule has 0 radical (unpaired) electrons. The fourth-order valence-corrected chi connectivity index (χ4v) is 6.06. The third kappa shape index (κ3) is 4.45. The first-order chi connectivity index (χ1) is 21.8. The molecule has 11 heteroatoms. The van der Waals surface area contributed by atoms with Gasteiger partial charge in [0, 0.05) is 29.1 Å². The Morgan fingerprint density at radius 3 is 1.96 bits per heavy atom. The van der Waals surface area contributed by atoms with Crippen LogP contribution in [0.2, 0.25) is 0 Å². The number of nitrogens with one attached hydrogen (secondary N) is 2. The number of urea groups is 1. The van der Waals surface area contributed by atoms with Gasteiger partial charge in [-0.05, 0) is 40.6 Å². The molecular weight excluding hydrogens is 574 g/mol. The van der Waals surface area contributed by atoms with Crippen molar-refractivity contribution in [3.63, 3.8) is 0 Å². The zero-order valence-electron chi connectivity index (χ0n) is 23.4. The summed E-state index contributed by atoms with van der Waals surface area (Å²) in [5.41, 5.74) is -1.54.